The fourth-order valence-corrected chi connectivity index (χ4v) is 4.68. The first kappa shape index (κ1) is 21.2. The summed E-state index contributed by atoms with van der Waals surface area (Å²) in [5.74, 6) is -0.409. The van der Waals surface area contributed by atoms with Gasteiger partial charge in [-0.15, -0.1) is 21.5 Å². The van der Waals surface area contributed by atoms with E-state index >= 15 is 0 Å². The Morgan fingerprint density at radius 2 is 2.03 bits per heavy atom. The largest absolute Gasteiger partial charge is 0.450 e. The summed E-state index contributed by atoms with van der Waals surface area (Å²) >= 11 is 3.88. The van der Waals surface area contributed by atoms with Crippen molar-refractivity contribution in [1.82, 2.24) is 15.5 Å². The van der Waals surface area contributed by atoms with Crippen molar-refractivity contribution in [3.8, 4) is 0 Å². The van der Waals surface area contributed by atoms with Crippen molar-refractivity contribution in [2.45, 2.75) is 17.3 Å². The number of halogens is 1. The van der Waals surface area contributed by atoms with Gasteiger partial charge in [0.15, 0.2) is 4.34 Å². The first-order chi connectivity index (χ1) is 14.0. The van der Waals surface area contributed by atoms with Gasteiger partial charge in [0.25, 0.3) is 0 Å². The number of aromatic nitrogens is 2. The molecule has 0 saturated carbocycles. The van der Waals surface area contributed by atoms with Gasteiger partial charge < -0.3 is 10.1 Å². The molecule has 2 amide bonds. The van der Waals surface area contributed by atoms with Crippen molar-refractivity contribution in [3.05, 3.63) is 58.0 Å². The van der Waals surface area contributed by atoms with Crippen LogP contribution >= 0.6 is 34.4 Å². The zero-order valence-corrected chi connectivity index (χ0v) is 17.7. The van der Waals surface area contributed by atoms with Gasteiger partial charge in [-0.25, -0.2) is 9.18 Å². The molecule has 3 aromatic rings. The van der Waals surface area contributed by atoms with Gasteiger partial charge in [0.1, 0.15) is 5.82 Å². The molecule has 7 nitrogen and oxygen atoms in total. The summed E-state index contributed by atoms with van der Waals surface area (Å²) in [6, 6.07) is 9.52. The first-order valence-electron chi connectivity index (χ1n) is 8.53. The van der Waals surface area contributed by atoms with E-state index in [-0.39, 0.29) is 30.1 Å². The quantitative estimate of drug-likeness (QED) is 0.391. The lowest BCUT2D eigenvalue weighted by Gasteiger charge is -2.18. The molecule has 0 aliphatic heterocycles. The van der Waals surface area contributed by atoms with Crippen molar-refractivity contribution in [3.63, 3.8) is 0 Å². The number of amides is 2. The molecular formula is C18H17FN4O3S3. The van der Waals surface area contributed by atoms with Gasteiger partial charge in [-0.05, 0) is 36.1 Å². The number of benzene rings is 1. The third-order valence-corrected chi connectivity index (χ3v) is 6.46. The number of ether oxygens (including phenoxy) is 1. The van der Waals surface area contributed by atoms with E-state index in [1.807, 2.05) is 17.5 Å². The van der Waals surface area contributed by atoms with Crippen LogP contribution in [0, 0.1) is 5.82 Å². The predicted molar refractivity (Wildman–Crippen MR) is 112 cm³/mol. The van der Waals surface area contributed by atoms with Crippen LogP contribution in [0.15, 0.2) is 46.1 Å². The Hall–Kier alpha value is -2.50. The number of hydrogen-bond donors (Lipinski definition) is 2. The van der Waals surface area contributed by atoms with E-state index in [4.69, 9.17) is 4.74 Å². The maximum absolute atomic E-state index is 13.3. The fourth-order valence-electron chi connectivity index (χ4n) is 2.33. The van der Waals surface area contributed by atoms with Crippen LogP contribution in [0.5, 0.6) is 0 Å². The number of anilines is 1. The smallest absolute Gasteiger partial charge is 0.413 e. The number of carbonyl (C=O) groups excluding carboxylic acids is 2. The Labute approximate surface area is 178 Å². The van der Waals surface area contributed by atoms with Crippen LogP contribution in [0.3, 0.4) is 0 Å². The third kappa shape index (κ3) is 6.24. The van der Waals surface area contributed by atoms with E-state index in [0.29, 0.717) is 9.47 Å². The highest BCUT2D eigenvalue weighted by Crippen LogP contribution is 2.28. The van der Waals surface area contributed by atoms with Crippen molar-refractivity contribution in [2.24, 2.45) is 0 Å². The SMILES string of the molecule is CCOC(=O)Nc1nnc(SCC(=O)NC(c2ccc(F)cc2)c2cccs2)s1. The topological polar surface area (TPSA) is 93.2 Å². The molecule has 1 unspecified atom stereocenters. The fraction of sp³-hybridized carbons (Fsp3) is 0.222. The molecule has 2 heterocycles. The second-order valence-electron chi connectivity index (χ2n) is 5.57. The minimum absolute atomic E-state index is 0.122. The average Bonchev–Trinajstić information content (AvgIpc) is 3.38. The number of nitrogens with one attached hydrogen (secondary N) is 2. The van der Waals surface area contributed by atoms with Crippen LogP contribution in [0.2, 0.25) is 0 Å². The summed E-state index contributed by atoms with van der Waals surface area (Å²) in [5.41, 5.74) is 0.795. The number of nitrogens with zero attached hydrogens (tertiary/aromatic N) is 2. The number of thiophene rings is 1. The van der Waals surface area contributed by atoms with Gasteiger partial charge in [0.2, 0.25) is 11.0 Å². The second-order valence-corrected chi connectivity index (χ2v) is 8.75. The molecule has 2 N–H and O–H groups in total. The highest BCUT2D eigenvalue weighted by molar-refractivity contribution is 8.01. The minimum atomic E-state index is -0.601. The summed E-state index contributed by atoms with van der Waals surface area (Å²) in [7, 11) is 0. The van der Waals surface area contributed by atoms with Gasteiger partial charge in [-0.1, -0.05) is 41.3 Å². The molecule has 2 aromatic heterocycles. The Balaban J connectivity index is 1.59. The Morgan fingerprint density at radius 1 is 1.24 bits per heavy atom. The molecule has 1 atom stereocenters. The highest BCUT2D eigenvalue weighted by Gasteiger charge is 2.19. The molecule has 0 spiro atoms. The van der Waals surface area contributed by atoms with E-state index in [1.165, 1.54) is 35.2 Å². The maximum atomic E-state index is 13.3. The van der Waals surface area contributed by atoms with Crippen LogP contribution in [0.1, 0.15) is 23.4 Å². The minimum Gasteiger partial charge on any atom is -0.450 e. The molecule has 0 aliphatic carbocycles. The summed E-state index contributed by atoms with van der Waals surface area (Å²) in [6.07, 6.45) is -0.601. The van der Waals surface area contributed by atoms with E-state index in [0.717, 1.165) is 21.8 Å². The molecule has 0 radical (unpaired) electrons. The van der Waals surface area contributed by atoms with Crippen molar-refractivity contribution in [2.75, 3.05) is 17.7 Å². The number of hydrogen-bond acceptors (Lipinski definition) is 8. The Morgan fingerprint density at radius 3 is 2.72 bits per heavy atom. The normalized spacial score (nSPS) is 11.7. The molecule has 0 aliphatic rings. The zero-order chi connectivity index (χ0) is 20.6. The standard InChI is InChI=1S/C18H17FN4O3S3/c1-2-26-17(25)21-16-22-23-18(29-16)28-10-14(24)20-15(13-4-3-9-27-13)11-5-7-12(19)8-6-11/h3-9,15H,2,10H2,1H3,(H,20,24)(H,21,22,25). The Kier molecular flexibility index (Phi) is 7.55. The lowest BCUT2D eigenvalue weighted by Crippen LogP contribution is -2.30. The maximum Gasteiger partial charge on any atom is 0.413 e. The molecule has 3 rings (SSSR count). The van der Waals surface area contributed by atoms with Crippen molar-refractivity contribution < 1.29 is 18.7 Å². The van der Waals surface area contributed by atoms with Gasteiger partial charge >= 0.3 is 6.09 Å². The molecule has 29 heavy (non-hydrogen) atoms. The van der Waals surface area contributed by atoms with Gasteiger partial charge in [0, 0.05) is 4.88 Å². The Bertz CT molecular complexity index is 948. The molecular weight excluding hydrogens is 435 g/mol. The van der Waals surface area contributed by atoms with Gasteiger partial charge in [-0.3, -0.25) is 10.1 Å². The summed E-state index contributed by atoms with van der Waals surface area (Å²) < 4.78 is 18.6. The average molecular weight is 453 g/mol. The molecule has 152 valence electrons. The molecule has 0 saturated heterocycles. The van der Waals surface area contributed by atoms with Crippen LogP contribution in [-0.4, -0.2) is 34.6 Å². The molecule has 0 bridgehead atoms. The van der Waals surface area contributed by atoms with Crippen molar-refractivity contribution >= 4 is 51.6 Å². The zero-order valence-electron chi connectivity index (χ0n) is 15.3. The lowest BCUT2D eigenvalue weighted by molar-refractivity contribution is -0.119. The van der Waals surface area contributed by atoms with Crippen LogP contribution in [0.4, 0.5) is 14.3 Å². The summed E-state index contributed by atoms with van der Waals surface area (Å²) in [4.78, 5) is 24.8. The van der Waals surface area contributed by atoms with Gasteiger partial charge in [0.05, 0.1) is 18.4 Å². The van der Waals surface area contributed by atoms with E-state index < -0.39 is 6.09 Å². The molecule has 11 heteroatoms. The van der Waals surface area contributed by atoms with E-state index in [2.05, 4.69) is 20.8 Å². The molecule has 0 fully saturated rings. The number of thioether (sulfide) groups is 1. The summed E-state index contributed by atoms with van der Waals surface area (Å²) in [5, 5.41) is 15.5. The first-order valence-corrected chi connectivity index (χ1v) is 11.2. The number of rotatable bonds is 8. The number of carbonyl (C=O) groups is 2. The van der Waals surface area contributed by atoms with Crippen LogP contribution in [0.25, 0.3) is 0 Å². The molecule has 1 aromatic carbocycles. The second kappa shape index (κ2) is 10.3. The van der Waals surface area contributed by atoms with Gasteiger partial charge in [-0.2, -0.15) is 0 Å². The van der Waals surface area contributed by atoms with E-state index in [1.54, 1.807) is 19.1 Å². The van der Waals surface area contributed by atoms with Crippen LogP contribution < -0.4 is 10.6 Å². The highest BCUT2D eigenvalue weighted by atomic mass is 32.2. The van der Waals surface area contributed by atoms with Crippen molar-refractivity contribution in [1.29, 1.82) is 0 Å². The lowest BCUT2D eigenvalue weighted by atomic mass is 10.1. The third-order valence-electron chi connectivity index (χ3n) is 3.55. The van der Waals surface area contributed by atoms with E-state index in [9.17, 15) is 14.0 Å². The van der Waals surface area contributed by atoms with Crippen LogP contribution in [-0.2, 0) is 9.53 Å². The predicted octanol–water partition coefficient (Wildman–Crippen LogP) is 4.31. The summed E-state index contributed by atoms with van der Waals surface area (Å²) in [6.45, 7) is 1.96. The monoisotopic (exact) mass is 452 g/mol.